The van der Waals surface area contributed by atoms with Crippen LogP contribution in [0.2, 0.25) is 0 Å². The lowest BCUT2D eigenvalue weighted by Crippen LogP contribution is -2.47. The highest BCUT2D eigenvalue weighted by Gasteiger charge is 2.32. The zero-order valence-corrected chi connectivity index (χ0v) is 10.9. The van der Waals surface area contributed by atoms with Crippen LogP contribution in [0.25, 0.3) is 0 Å². The van der Waals surface area contributed by atoms with Gasteiger partial charge in [-0.15, -0.1) is 0 Å². The SMILES string of the molecule is OC1CCC(NC2CC(c3ccccc3)C2)CC1. The van der Waals surface area contributed by atoms with E-state index in [2.05, 4.69) is 35.6 Å². The van der Waals surface area contributed by atoms with E-state index in [4.69, 9.17) is 0 Å². The van der Waals surface area contributed by atoms with Crippen LogP contribution in [0.1, 0.15) is 50.0 Å². The molecule has 3 rings (SSSR count). The summed E-state index contributed by atoms with van der Waals surface area (Å²) in [5.41, 5.74) is 1.50. The van der Waals surface area contributed by atoms with Crippen LogP contribution >= 0.6 is 0 Å². The van der Waals surface area contributed by atoms with E-state index < -0.39 is 0 Å². The fourth-order valence-electron chi connectivity index (χ4n) is 3.33. The average molecular weight is 245 g/mol. The van der Waals surface area contributed by atoms with Gasteiger partial charge in [0.25, 0.3) is 0 Å². The van der Waals surface area contributed by atoms with E-state index in [-0.39, 0.29) is 6.10 Å². The van der Waals surface area contributed by atoms with E-state index in [1.165, 1.54) is 18.4 Å². The largest absolute Gasteiger partial charge is 0.393 e. The molecule has 2 saturated carbocycles. The molecule has 2 aliphatic carbocycles. The second-order valence-corrected chi connectivity index (χ2v) is 5.95. The Morgan fingerprint density at radius 3 is 2.22 bits per heavy atom. The summed E-state index contributed by atoms with van der Waals surface area (Å²) in [5, 5.41) is 13.3. The zero-order valence-electron chi connectivity index (χ0n) is 10.9. The van der Waals surface area contributed by atoms with E-state index in [9.17, 15) is 5.11 Å². The lowest BCUT2D eigenvalue weighted by Gasteiger charge is -2.40. The van der Waals surface area contributed by atoms with Crippen molar-refractivity contribution in [3.05, 3.63) is 35.9 Å². The third-order valence-corrected chi connectivity index (χ3v) is 4.58. The van der Waals surface area contributed by atoms with Crippen LogP contribution in [-0.2, 0) is 0 Å². The van der Waals surface area contributed by atoms with Gasteiger partial charge in [0, 0.05) is 12.1 Å². The van der Waals surface area contributed by atoms with Gasteiger partial charge in [-0.2, -0.15) is 0 Å². The van der Waals surface area contributed by atoms with Crippen molar-refractivity contribution in [2.45, 2.75) is 62.6 Å². The molecule has 0 spiro atoms. The van der Waals surface area contributed by atoms with Gasteiger partial charge >= 0.3 is 0 Å². The number of rotatable bonds is 3. The van der Waals surface area contributed by atoms with Crippen LogP contribution in [0.15, 0.2) is 30.3 Å². The molecular weight excluding hydrogens is 222 g/mol. The van der Waals surface area contributed by atoms with Crippen LogP contribution in [0, 0.1) is 0 Å². The molecule has 0 atom stereocenters. The minimum absolute atomic E-state index is 0.0403. The summed E-state index contributed by atoms with van der Waals surface area (Å²) < 4.78 is 0. The predicted molar refractivity (Wildman–Crippen MR) is 73.6 cm³/mol. The predicted octanol–water partition coefficient (Wildman–Crippen LogP) is 2.83. The first-order chi connectivity index (χ1) is 8.81. The quantitative estimate of drug-likeness (QED) is 0.858. The number of nitrogens with one attached hydrogen (secondary N) is 1. The van der Waals surface area contributed by atoms with Gasteiger partial charge in [-0.1, -0.05) is 30.3 Å². The standard InChI is InChI=1S/C16H23NO/c18-16-8-6-14(7-9-16)17-15-10-13(11-15)12-4-2-1-3-5-12/h1-5,13-18H,6-11H2. The molecule has 0 radical (unpaired) electrons. The maximum Gasteiger partial charge on any atom is 0.0541 e. The van der Waals surface area contributed by atoms with E-state index in [1.54, 1.807) is 0 Å². The Labute approximate surface area is 109 Å². The van der Waals surface area contributed by atoms with E-state index >= 15 is 0 Å². The van der Waals surface area contributed by atoms with E-state index in [0.29, 0.717) is 12.1 Å². The summed E-state index contributed by atoms with van der Waals surface area (Å²) in [6.07, 6.45) is 6.77. The van der Waals surface area contributed by atoms with Crippen molar-refractivity contribution in [2.24, 2.45) is 0 Å². The van der Waals surface area contributed by atoms with Crippen LogP contribution in [0.3, 0.4) is 0 Å². The number of benzene rings is 1. The lowest BCUT2D eigenvalue weighted by atomic mass is 9.75. The van der Waals surface area contributed by atoms with Gasteiger partial charge in [0.1, 0.15) is 0 Å². The molecule has 0 aromatic heterocycles. The van der Waals surface area contributed by atoms with Gasteiger partial charge < -0.3 is 10.4 Å². The molecule has 1 aromatic rings. The fourth-order valence-corrected chi connectivity index (χ4v) is 3.33. The molecule has 0 bridgehead atoms. The smallest absolute Gasteiger partial charge is 0.0541 e. The summed E-state index contributed by atoms with van der Waals surface area (Å²) >= 11 is 0. The molecule has 2 N–H and O–H groups in total. The maximum absolute atomic E-state index is 9.50. The third kappa shape index (κ3) is 2.76. The second kappa shape index (κ2) is 5.41. The molecule has 2 nitrogen and oxygen atoms in total. The molecule has 18 heavy (non-hydrogen) atoms. The maximum atomic E-state index is 9.50. The highest BCUT2D eigenvalue weighted by Crippen LogP contribution is 2.37. The normalized spacial score (nSPS) is 36.1. The summed E-state index contributed by atoms with van der Waals surface area (Å²) in [6, 6.07) is 12.2. The number of aliphatic hydroxyl groups excluding tert-OH is 1. The molecule has 0 aliphatic heterocycles. The van der Waals surface area contributed by atoms with Crippen molar-refractivity contribution in [3.8, 4) is 0 Å². The first-order valence-electron chi connectivity index (χ1n) is 7.30. The Morgan fingerprint density at radius 1 is 0.889 bits per heavy atom. The van der Waals surface area contributed by atoms with Gasteiger partial charge in [-0.25, -0.2) is 0 Å². The minimum Gasteiger partial charge on any atom is -0.393 e. The zero-order chi connectivity index (χ0) is 12.4. The van der Waals surface area contributed by atoms with Crippen LogP contribution in [0.4, 0.5) is 0 Å². The Balaban J connectivity index is 1.43. The van der Waals surface area contributed by atoms with Crippen LogP contribution < -0.4 is 5.32 Å². The summed E-state index contributed by atoms with van der Waals surface area (Å²) in [4.78, 5) is 0. The second-order valence-electron chi connectivity index (χ2n) is 5.95. The molecule has 0 saturated heterocycles. The number of hydrogen-bond donors (Lipinski definition) is 2. The Hall–Kier alpha value is -0.860. The Kier molecular flexibility index (Phi) is 3.67. The highest BCUT2D eigenvalue weighted by atomic mass is 16.3. The van der Waals surface area contributed by atoms with Gasteiger partial charge in [0.15, 0.2) is 0 Å². The first kappa shape index (κ1) is 12.2. The van der Waals surface area contributed by atoms with Crippen molar-refractivity contribution in [1.29, 1.82) is 0 Å². The van der Waals surface area contributed by atoms with Crippen molar-refractivity contribution in [2.75, 3.05) is 0 Å². The number of aliphatic hydroxyl groups is 1. The molecular formula is C16H23NO. The van der Waals surface area contributed by atoms with Crippen molar-refractivity contribution in [3.63, 3.8) is 0 Å². The van der Waals surface area contributed by atoms with Gasteiger partial charge in [-0.3, -0.25) is 0 Å². The molecule has 2 fully saturated rings. The first-order valence-corrected chi connectivity index (χ1v) is 7.30. The van der Waals surface area contributed by atoms with E-state index in [1.807, 2.05) is 0 Å². The fraction of sp³-hybridized carbons (Fsp3) is 0.625. The Morgan fingerprint density at radius 2 is 1.56 bits per heavy atom. The molecule has 2 aliphatic rings. The summed E-state index contributed by atoms with van der Waals surface area (Å²) in [6.45, 7) is 0. The molecule has 0 unspecified atom stereocenters. The summed E-state index contributed by atoms with van der Waals surface area (Å²) in [5.74, 6) is 0.762. The number of hydrogen-bond acceptors (Lipinski definition) is 2. The molecule has 0 amide bonds. The van der Waals surface area contributed by atoms with Crippen LogP contribution in [0.5, 0.6) is 0 Å². The summed E-state index contributed by atoms with van der Waals surface area (Å²) in [7, 11) is 0. The van der Waals surface area contributed by atoms with Crippen molar-refractivity contribution < 1.29 is 5.11 Å². The minimum atomic E-state index is -0.0403. The molecule has 2 heteroatoms. The van der Waals surface area contributed by atoms with Crippen molar-refractivity contribution >= 4 is 0 Å². The average Bonchev–Trinajstić information content (AvgIpc) is 2.36. The van der Waals surface area contributed by atoms with Gasteiger partial charge in [0.2, 0.25) is 0 Å². The van der Waals surface area contributed by atoms with Crippen LogP contribution in [-0.4, -0.2) is 23.3 Å². The van der Waals surface area contributed by atoms with Crippen molar-refractivity contribution in [1.82, 2.24) is 5.32 Å². The molecule has 98 valence electrons. The van der Waals surface area contributed by atoms with Gasteiger partial charge in [-0.05, 0) is 50.0 Å². The lowest BCUT2D eigenvalue weighted by molar-refractivity contribution is 0.108. The monoisotopic (exact) mass is 245 g/mol. The third-order valence-electron chi connectivity index (χ3n) is 4.58. The van der Waals surface area contributed by atoms with E-state index in [0.717, 1.165) is 31.6 Å². The Bertz CT molecular complexity index is 364. The topological polar surface area (TPSA) is 32.3 Å². The van der Waals surface area contributed by atoms with Gasteiger partial charge in [0.05, 0.1) is 6.10 Å². The molecule has 0 heterocycles. The molecule has 1 aromatic carbocycles. The highest BCUT2D eigenvalue weighted by molar-refractivity contribution is 5.22.